The van der Waals surface area contributed by atoms with Gasteiger partial charge in [0.05, 0.1) is 17.1 Å². The molecule has 0 unspecified atom stereocenters. The van der Waals surface area contributed by atoms with E-state index in [1.54, 1.807) is 6.08 Å². The van der Waals surface area contributed by atoms with Crippen LogP contribution in [-0.2, 0) is 16.6 Å². The fourth-order valence-corrected chi connectivity index (χ4v) is 11.6. The van der Waals surface area contributed by atoms with E-state index in [4.69, 9.17) is 13.6 Å². The molecule has 0 spiro atoms. The SMILES string of the molecule is C=C/C=C\C1=C(/C)O/C(C(C)(C)C)=C\C=C/C1=C.CC(C)(C)c1cccc2c3c(oc12)C(N(c1ccc(-c2ccccc2)cc1)c1cc2c(oc4cc(Nc5ccc(-c6ccccc6)cc5)c5ccccc5c42)c2ccccc12)=CCC3. The number of nitrogens with zero attached hydrogens (tertiary/aromatic N) is 1. The van der Waals surface area contributed by atoms with E-state index in [0.29, 0.717) is 0 Å². The van der Waals surface area contributed by atoms with Crippen LogP contribution in [0, 0.1) is 5.41 Å². The first-order valence-corrected chi connectivity index (χ1v) is 28.4. The first-order chi connectivity index (χ1) is 39.7. The molecule has 9 aromatic carbocycles. The average molecular weight is 1070 g/mol. The van der Waals surface area contributed by atoms with E-state index < -0.39 is 0 Å². The summed E-state index contributed by atoms with van der Waals surface area (Å²) in [6.07, 6.45) is 15.8. The van der Waals surface area contributed by atoms with Crippen molar-refractivity contribution in [2.45, 2.75) is 66.7 Å². The number of hydrogen-bond acceptors (Lipinski definition) is 5. The molecule has 13 rings (SSSR count). The van der Waals surface area contributed by atoms with Crippen LogP contribution in [0.25, 0.3) is 82.4 Å². The summed E-state index contributed by atoms with van der Waals surface area (Å²) >= 11 is 0. The Balaban J connectivity index is 0.000000318. The van der Waals surface area contributed by atoms with Gasteiger partial charge in [0.2, 0.25) is 0 Å². The van der Waals surface area contributed by atoms with Gasteiger partial charge in [0, 0.05) is 71.9 Å². The van der Waals surface area contributed by atoms with Crippen LogP contribution in [0.1, 0.15) is 71.8 Å². The van der Waals surface area contributed by atoms with Gasteiger partial charge in [-0.3, -0.25) is 0 Å². The highest BCUT2D eigenvalue weighted by Crippen LogP contribution is 2.50. The number of rotatable bonds is 9. The zero-order chi connectivity index (χ0) is 56.7. The second-order valence-corrected chi connectivity index (χ2v) is 23.4. The Labute approximate surface area is 481 Å². The van der Waals surface area contributed by atoms with E-state index in [0.717, 1.165) is 119 Å². The fraction of sp³-hybridized carbons (Fsp3) is 0.143. The molecule has 0 fully saturated rings. The Hall–Kier alpha value is -9.58. The zero-order valence-electron chi connectivity index (χ0n) is 47.9. The summed E-state index contributed by atoms with van der Waals surface area (Å²) in [5.41, 5.74) is 17.0. The second-order valence-electron chi connectivity index (χ2n) is 23.4. The normalized spacial score (nSPS) is 15.8. The molecular formula is C77H68N2O3. The first-order valence-electron chi connectivity index (χ1n) is 28.4. The van der Waals surface area contributed by atoms with Crippen LogP contribution < -0.4 is 10.2 Å². The second kappa shape index (κ2) is 21.8. The third-order valence-corrected chi connectivity index (χ3v) is 15.7. The van der Waals surface area contributed by atoms with Crippen molar-refractivity contribution in [2.75, 3.05) is 10.2 Å². The van der Waals surface area contributed by atoms with E-state index in [2.05, 4.69) is 259 Å². The maximum Gasteiger partial charge on any atom is 0.155 e. The Bertz CT molecular complexity index is 4410. The molecule has 5 nitrogen and oxygen atoms in total. The Morgan fingerprint density at radius 1 is 0.585 bits per heavy atom. The van der Waals surface area contributed by atoms with Crippen molar-refractivity contribution in [3.63, 3.8) is 0 Å². The summed E-state index contributed by atoms with van der Waals surface area (Å²) in [4.78, 5) is 2.43. The van der Waals surface area contributed by atoms with Crippen LogP contribution in [0.3, 0.4) is 0 Å². The minimum absolute atomic E-state index is 0.0163. The van der Waals surface area contributed by atoms with Crippen molar-refractivity contribution in [3.8, 4) is 22.3 Å². The molecule has 0 saturated carbocycles. The quantitative estimate of drug-likeness (QED) is 0.146. The van der Waals surface area contributed by atoms with Gasteiger partial charge >= 0.3 is 0 Å². The minimum atomic E-state index is -0.0779. The number of nitrogens with one attached hydrogen (secondary N) is 1. The van der Waals surface area contributed by atoms with Crippen LogP contribution in [0.4, 0.5) is 22.7 Å². The Morgan fingerprint density at radius 2 is 1.20 bits per heavy atom. The molecule has 0 saturated heterocycles. The number of para-hydroxylation sites is 1. The van der Waals surface area contributed by atoms with Crippen LogP contribution in [0.15, 0.2) is 275 Å². The number of ether oxygens (including phenoxy) is 1. The van der Waals surface area contributed by atoms with Crippen LogP contribution in [0.5, 0.6) is 0 Å². The number of benzene rings is 9. The number of allylic oxidation sites excluding steroid dienone is 11. The standard InChI is InChI=1S/C60H46N2O2.C17H22O/c1-60(2,3)51-26-14-24-48-49-25-15-27-53(59(49)64-58(48)51)62(43-34-30-41(31-35-43)39-18-8-5-9-19-39)54-36-50-56-46-22-12-10-20-44(46)52(37-55(56)63-57(50)47-23-13-11-21-45(47)54)61-42-32-28-40(29-33-42)38-16-6-4-7-17-38;1-7-8-11-15-13(2)10-9-12-16(17(4,5)6)18-14(15)3/h4-14,16-24,26-37,61H,15,25H2,1-3H3;7-12H,1-2H2,3-6H3/b;10-9-,11-8-,15-14-,16-12-. The van der Waals surface area contributed by atoms with Crippen LogP contribution in [-0.4, -0.2) is 0 Å². The van der Waals surface area contributed by atoms with Gasteiger partial charge in [-0.05, 0) is 94.8 Å². The van der Waals surface area contributed by atoms with E-state index in [1.165, 1.54) is 38.8 Å². The molecule has 1 aliphatic carbocycles. The van der Waals surface area contributed by atoms with E-state index in [-0.39, 0.29) is 10.8 Å². The molecule has 0 bridgehead atoms. The molecule has 0 radical (unpaired) electrons. The number of furan rings is 2. The van der Waals surface area contributed by atoms with Gasteiger partial charge in [0.15, 0.2) is 5.76 Å². The predicted octanol–water partition coefficient (Wildman–Crippen LogP) is 22.2. The predicted molar refractivity (Wildman–Crippen MR) is 348 cm³/mol. The molecule has 82 heavy (non-hydrogen) atoms. The molecule has 3 heterocycles. The average Bonchev–Trinajstić information content (AvgIpc) is 2.65. The third kappa shape index (κ3) is 10.2. The van der Waals surface area contributed by atoms with Crippen LogP contribution in [0.2, 0.25) is 0 Å². The summed E-state index contributed by atoms with van der Waals surface area (Å²) in [7, 11) is 0. The monoisotopic (exact) mass is 1070 g/mol. The lowest BCUT2D eigenvalue weighted by Crippen LogP contribution is -2.18. The largest absolute Gasteiger partial charge is 0.465 e. The van der Waals surface area contributed by atoms with Gasteiger partial charge in [0.1, 0.15) is 28.3 Å². The maximum atomic E-state index is 7.15. The number of anilines is 4. The van der Waals surface area contributed by atoms with Gasteiger partial charge in [-0.1, -0.05) is 243 Å². The Kier molecular flexibility index (Phi) is 14.1. The summed E-state index contributed by atoms with van der Waals surface area (Å²) < 4.78 is 20.2. The van der Waals surface area contributed by atoms with Crippen molar-refractivity contribution in [3.05, 3.63) is 283 Å². The van der Waals surface area contributed by atoms with E-state index in [9.17, 15) is 0 Å². The highest BCUT2D eigenvalue weighted by Gasteiger charge is 2.31. The lowest BCUT2D eigenvalue weighted by atomic mass is 9.85. The molecule has 0 atom stereocenters. The smallest absolute Gasteiger partial charge is 0.155 e. The van der Waals surface area contributed by atoms with Gasteiger partial charge < -0.3 is 23.8 Å². The lowest BCUT2D eigenvalue weighted by molar-refractivity contribution is 0.217. The number of fused-ring (bicyclic) bond motifs is 10. The van der Waals surface area contributed by atoms with E-state index >= 15 is 0 Å². The van der Waals surface area contributed by atoms with Crippen molar-refractivity contribution in [1.29, 1.82) is 0 Å². The zero-order valence-corrected chi connectivity index (χ0v) is 47.9. The lowest BCUT2D eigenvalue weighted by Gasteiger charge is -2.30. The van der Waals surface area contributed by atoms with Crippen molar-refractivity contribution >= 4 is 82.9 Å². The number of hydrogen-bond donors (Lipinski definition) is 1. The molecule has 1 aliphatic heterocycles. The first kappa shape index (κ1) is 53.1. The topological polar surface area (TPSA) is 50.8 Å². The summed E-state index contributed by atoms with van der Waals surface area (Å²) in [6, 6.07) is 67.3. The van der Waals surface area contributed by atoms with E-state index in [1.807, 2.05) is 37.3 Å². The molecule has 1 N–H and O–H groups in total. The third-order valence-electron chi connectivity index (χ3n) is 15.7. The highest BCUT2D eigenvalue weighted by molar-refractivity contribution is 6.27. The fourth-order valence-electron chi connectivity index (χ4n) is 11.6. The molecule has 11 aromatic rings. The Morgan fingerprint density at radius 3 is 1.85 bits per heavy atom. The van der Waals surface area contributed by atoms with Crippen molar-refractivity contribution in [1.82, 2.24) is 0 Å². The van der Waals surface area contributed by atoms with Gasteiger partial charge in [-0.2, -0.15) is 0 Å². The summed E-state index contributed by atoms with van der Waals surface area (Å²) in [5, 5.41) is 11.5. The molecule has 5 heteroatoms. The van der Waals surface area contributed by atoms with Crippen molar-refractivity contribution < 1.29 is 13.6 Å². The summed E-state index contributed by atoms with van der Waals surface area (Å²) in [6.45, 7) is 22.9. The van der Waals surface area contributed by atoms with Gasteiger partial charge in [-0.25, -0.2) is 0 Å². The highest BCUT2D eigenvalue weighted by atomic mass is 16.5. The molecule has 2 aromatic heterocycles. The van der Waals surface area contributed by atoms with Gasteiger partial charge in [-0.15, -0.1) is 0 Å². The molecule has 404 valence electrons. The number of aryl methyl sites for hydroxylation is 1. The molecular weight excluding hydrogens is 1000 g/mol. The maximum absolute atomic E-state index is 7.15. The molecule has 0 amide bonds. The minimum Gasteiger partial charge on any atom is -0.465 e. The van der Waals surface area contributed by atoms with Crippen molar-refractivity contribution in [2.24, 2.45) is 5.41 Å². The summed E-state index contributed by atoms with van der Waals surface area (Å²) in [5.74, 6) is 2.75. The van der Waals surface area contributed by atoms with Gasteiger partial charge in [0.25, 0.3) is 0 Å². The van der Waals surface area contributed by atoms with Crippen LogP contribution >= 0.6 is 0 Å². The molecule has 2 aliphatic rings.